The van der Waals surface area contributed by atoms with Gasteiger partial charge in [-0.05, 0) is 57.7 Å². The number of aromatic amines is 1. The van der Waals surface area contributed by atoms with Crippen molar-refractivity contribution in [1.29, 1.82) is 0 Å². The summed E-state index contributed by atoms with van der Waals surface area (Å²) in [5.74, 6) is 1.16. The molecule has 10 nitrogen and oxygen atoms in total. The molecule has 2 aliphatic rings. The van der Waals surface area contributed by atoms with Crippen LogP contribution in [0.15, 0.2) is 43.0 Å². The standard InChI is InChI=1S/C28H35FN6O4/c1-28(2,3)39-27(36)35-19-7-9-22(35)26(29)23(11-19)34(4)25-15-30-21(14-31-25)20-8-6-17(18-12-32-33-13-18)10-24(20)38-16-37-5/h6,8,10,12-15,19,22-23,26H,7,9,11,16H2,1-5H3,(H,32,33)/t19-,22+,23-,26+/m0/s1. The first-order chi connectivity index (χ1) is 18.7. The van der Waals surface area contributed by atoms with Gasteiger partial charge in [0.1, 0.15) is 23.3 Å². The lowest BCUT2D eigenvalue weighted by atomic mass is 9.94. The number of ether oxygens (including phenoxy) is 3. The van der Waals surface area contributed by atoms with Crippen molar-refractivity contribution in [3.05, 3.63) is 43.0 Å². The third-order valence-corrected chi connectivity index (χ3v) is 7.32. The maximum Gasteiger partial charge on any atom is 0.410 e. The molecule has 2 fully saturated rings. The number of halogens is 1. The normalized spacial score (nSPS) is 22.6. The number of hydrogen-bond donors (Lipinski definition) is 1. The molecule has 1 N–H and O–H groups in total. The number of rotatable bonds is 7. The molecule has 0 saturated carbocycles. The Kier molecular flexibility index (Phi) is 7.44. The molecule has 2 aliphatic heterocycles. The van der Waals surface area contributed by atoms with Crippen LogP contribution in [0.25, 0.3) is 22.4 Å². The molecule has 3 aromatic rings. The fourth-order valence-electron chi connectivity index (χ4n) is 5.47. The lowest BCUT2D eigenvalue weighted by Gasteiger charge is -2.44. The minimum Gasteiger partial charge on any atom is -0.467 e. The van der Waals surface area contributed by atoms with E-state index in [2.05, 4.69) is 20.2 Å². The van der Waals surface area contributed by atoms with Crippen molar-refractivity contribution in [2.24, 2.45) is 0 Å². The highest BCUT2D eigenvalue weighted by Gasteiger charge is 2.52. The second kappa shape index (κ2) is 10.8. The van der Waals surface area contributed by atoms with Crippen LogP contribution in [0.4, 0.5) is 15.0 Å². The summed E-state index contributed by atoms with van der Waals surface area (Å²) in [5, 5.41) is 6.83. The molecule has 2 bridgehead atoms. The number of methoxy groups -OCH3 is 1. The summed E-state index contributed by atoms with van der Waals surface area (Å²) in [6.45, 7) is 5.55. The van der Waals surface area contributed by atoms with Gasteiger partial charge in [0, 0.05) is 37.5 Å². The smallest absolute Gasteiger partial charge is 0.410 e. The van der Waals surface area contributed by atoms with Crippen molar-refractivity contribution in [3.8, 4) is 28.1 Å². The van der Waals surface area contributed by atoms with Crippen molar-refractivity contribution in [2.75, 3.05) is 25.9 Å². The summed E-state index contributed by atoms with van der Waals surface area (Å²) in [5.41, 5.74) is 2.62. The fraction of sp³-hybridized carbons (Fsp3) is 0.500. The zero-order valence-corrected chi connectivity index (χ0v) is 22.9. The highest BCUT2D eigenvalue weighted by Crippen LogP contribution is 2.41. The van der Waals surface area contributed by atoms with Crippen LogP contribution in [-0.4, -0.2) is 82.0 Å². The van der Waals surface area contributed by atoms with Gasteiger partial charge in [0.15, 0.2) is 6.79 Å². The van der Waals surface area contributed by atoms with Crippen LogP contribution in [0.2, 0.25) is 0 Å². The van der Waals surface area contributed by atoms with Gasteiger partial charge in [-0.1, -0.05) is 6.07 Å². The molecule has 39 heavy (non-hydrogen) atoms. The molecule has 2 aromatic heterocycles. The van der Waals surface area contributed by atoms with Gasteiger partial charge < -0.3 is 19.1 Å². The predicted molar refractivity (Wildman–Crippen MR) is 144 cm³/mol. The Morgan fingerprint density at radius 1 is 1.18 bits per heavy atom. The Hall–Kier alpha value is -3.73. The van der Waals surface area contributed by atoms with Gasteiger partial charge in [0.05, 0.1) is 36.4 Å². The lowest BCUT2D eigenvalue weighted by molar-refractivity contribution is -0.0104. The van der Waals surface area contributed by atoms with E-state index in [0.29, 0.717) is 30.1 Å². The van der Waals surface area contributed by atoms with Crippen molar-refractivity contribution in [1.82, 2.24) is 25.1 Å². The fourth-order valence-corrected chi connectivity index (χ4v) is 5.47. The molecular weight excluding hydrogens is 503 g/mol. The number of piperidine rings is 1. The average Bonchev–Trinajstić information content (AvgIpc) is 3.56. The van der Waals surface area contributed by atoms with Gasteiger partial charge in [-0.25, -0.2) is 14.2 Å². The number of amides is 1. The van der Waals surface area contributed by atoms with E-state index in [1.54, 1.807) is 30.6 Å². The quantitative estimate of drug-likeness (QED) is 0.427. The van der Waals surface area contributed by atoms with Gasteiger partial charge >= 0.3 is 6.09 Å². The molecule has 4 atom stereocenters. The zero-order chi connectivity index (χ0) is 27.7. The Morgan fingerprint density at radius 2 is 2.00 bits per heavy atom. The molecular formula is C28H35FN6O4. The van der Waals surface area contributed by atoms with Crippen LogP contribution in [0.3, 0.4) is 0 Å². The van der Waals surface area contributed by atoms with E-state index in [9.17, 15) is 4.79 Å². The van der Waals surface area contributed by atoms with E-state index in [1.165, 1.54) is 0 Å². The summed E-state index contributed by atoms with van der Waals surface area (Å²) in [6, 6.07) is 4.80. The number of nitrogens with one attached hydrogen (secondary N) is 1. The van der Waals surface area contributed by atoms with Crippen LogP contribution >= 0.6 is 0 Å². The first-order valence-electron chi connectivity index (χ1n) is 13.1. The second-order valence-electron chi connectivity index (χ2n) is 11.1. The molecule has 5 rings (SSSR count). The van der Waals surface area contributed by atoms with Crippen molar-refractivity contribution in [3.63, 3.8) is 0 Å². The monoisotopic (exact) mass is 538 g/mol. The number of fused-ring (bicyclic) bond motifs is 2. The van der Waals surface area contributed by atoms with Gasteiger partial charge in [-0.3, -0.25) is 15.0 Å². The highest BCUT2D eigenvalue weighted by molar-refractivity contribution is 5.74. The van der Waals surface area contributed by atoms with E-state index >= 15 is 4.39 Å². The number of benzene rings is 1. The minimum absolute atomic E-state index is 0.0641. The maximum atomic E-state index is 15.8. The van der Waals surface area contributed by atoms with Crippen LogP contribution in [0.1, 0.15) is 40.0 Å². The van der Waals surface area contributed by atoms with Crippen molar-refractivity contribution >= 4 is 11.9 Å². The van der Waals surface area contributed by atoms with Gasteiger partial charge in [-0.2, -0.15) is 5.10 Å². The SMILES string of the molecule is COCOc1cc(-c2cn[nH]c2)ccc1-c1cnc(N(C)[C@H]2C[C@@H]3CC[C@H]([C@H]2F)N3C(=O)OC(C)(C)C)cn1. The zero-order valence-electron chi connectivity index (χ0n) is 22.9. The van der Waals surface area contributed by atoms with E-state index in [0.717, 1.165) is 23.1 Å². The number of alkyl halides is 1. The van der Waals surface area contributed by atoms with Gasteiger partial charge in [0.2, 0.25) is 0 Å². The average molecular weight is 539 g/mol. The van der Waals surface area contributed by atoms with Crippen molar-refractivity contribution in [2.45, 2.75) is 69.9 Å². The first kappa shape index (κ1) is 26.9. The molecule has 1 amide bonds. The van der Waals surface area contributed by atoms with Crippen LogP contribution < -0.4 is 9.64 Å². The number of aromatic nitrogens is 4. The molecule has 4 heterocycles. The lowest BCUT2D eigenvalue weighted by Crippen LogP contribution is -2.59. The summed E-state index contributed by atoms with van der Waals surface area (Å²) in [7, 11) is 3.39. The molecule has 11 heteroatoms. The summed E-state index contributed by atoms with van der Waals surface area (Å²) >= 11 is 0. The van der Waals surface area contributed by atoms with E-state index < -0.39 is 29.9 Å². The summed E-state index contributed by atoms with van der Waals surface area (Å²) < 4.78 is 32.3. The Labute approximate surface area is 227 Å². The Balaban J connectivity index is 1.33. The molecule has 0 aliphatic carbocycles. The van der Waals surface area contributed by atoms with Gasteiger partial charge in [-0.15, -0.1) is 0 Å². The number of anilines is 1. The molecule has 0 radical (unpaired) electrons. The Morgan fingerprint density at radius 3 is 2.67 bits per heavy atom. The van der Waals surface area contributed by atoms with E-state index in [-0.39, 0.29) is 12.8 Å². The highest BCUT2D eigenvalue weighted by atomic mass is 19.1. The number of hydrogen-bond acceptors (Lipinski definition) is 8. The van der Waals surface area contributed by atoms with Crippen LogP contribution in [-0.2, 0) is 9.47 Å². The summed E-state index contributed by atoms with van der Waals surface area (Å²) in [6.07, 6.45) is 7.08. The third-order valence-electron chi connectivity index (χ3n) is 7.32. The van der Waals surface area contributed by atoms with Crippen LogP contribution in [0.5, 0.6) is 5.75 Å². The number of H-pyrrole nitrogens is 1. The predicted octanol–water partition coefficient (Wildman–Crippen LogP) is 4.83. The maximum absolute atomic E-state index is 15.8. The van der Waals surface area contributed by atoms with Gasteiger partial charge in [0.25, 0.3) is 0 Å². The van der Waals surface area contributed by atoms with Crippen molar-refractivity contribution < 1.29 is 23.4 Å². The number of carbonyl (C=O) groups excluding carboxylic acids is 1. The van der Waals surface area contributed by atoms with Crippen LogP contribution in [0, 0.1) is 0 Å². The Bertz CT molecular complexity index is 1280. The number of carbonyl (C=O) groups is 1. The van der Waals surface area contributed by atoms with E-state index in [4.69, 9.17) is 14.2 Å². The molecule has 208 valence electrons. The minimum atomic E-state index is -1.23. The third kappa shape index (κ3) is 5.54. The molecule has 2 saturated heterocycles. The first-order valence-corrected chi connectivity index (χ1v) is 13.1. The number of nitrogens with zero attached hydrogens (tertiary/aromatic N) is 5. The van der Waals surface area contributed by atoms with E-state index in [1.807, 2.05) is 57.1 Å². The molecule has 1 aromatic carbocycles. The summed E-state index contributed by atoms with van der Waals surface area (Å²) in [4.78, 5) is 25.5. The largest absolute Gasteiger partial charge is 0.467 e. The molecule has 0 unspecified atom stereocenters. The second-order valence-corrected chi connectivity index (χ2v) is 11.1. The topological polar surface area (TPSA) is 106 Å². The molecule has 0 spiro atoms.